The third-order valence-electron chi connectivity index (χ3n) is 3.72. The summed E-state index contributed by atoms with van der Waals surface area (Å²) in [5, 5.41) is 4.97. The summed E-state index contributed by atoms with van der Waals surface area (Å²) in [6.07, 6.45) is 1.13. The van der Waals surface area contributed by atoms with Crippen LogP contribution in [0.3, 0.4) is 0 Å². The van der Waals surface area contributed by atoms with Gasteiger partial charge in [-0.05, 0) is 38.3 Å². The SMILES string of the molecule is Cc1cccc2c3c([nH]c12)C(C)(C)NCC3. The van der Waals surface area contributed by atoms with Crippen molar-refractivity contribution in [2.75, 3.05) is 6.54 Å². The molecule has 3 rings (SSSR count). The molecular weight excluding hydrogens is 196 g/mol. The summed E-state index contributed by atoms with van der Waals surface area (Å²) in [5.74, 6) is 0. The van der Waals surface area contributed by atoms with Gasteiger partial charge >= 0.3 is 0 Å². The Bertz CT molecular complexity index is 549. The normalized spacial score (nSPS) is 18.7. The Morgan fingerprint density at radius 3 is 2.88 bits per heavy atom. The van der Waals surface area contributed by atoms with Crippen LogP contribution in [0.15, 0.2) is 18.2 Å². The number of aromatic amines is 1. The summed E-state index contributed by atoms with van der Waals surface area (Å²) in [6.45, 7) is 7.73. The molecule has 0 amide bonds. The number of H-pyrrole nitrogens is 1. The number of para-hydroxylation sites is 1. The lowest BCUT2D eigenvalue weighted by molar-refractivity contribution is 0.374. The van der Waals surface area contributed by atoms with Gasteiger partial charge in [0.15, 0.2) is 0 Å². The summed E-state index contributed by atoms with van der Waals surface area (Å²) in [7, 11) is 0. The Kier molecular flexibility index (Phi) is 1.93. The van der Waals surface area contributed by atoms with Crippen LogP contribution in [0.5, 0.6) is 0 Å². The van der Waals surface area contributed by atoms with E-state index in [-0.39, 0.29) is 5.54 Å². The molecule has 2 heteroatoms. The quantitative estimate of drug-likeness (QED) is 0.693. The van der Waals surface area contributed by atoms with Gasteiger partial charge in [-0.15, -0.1) is 0 Å². The molecule has 2 N–H and O–H groups in total. The summed E-state index contributed by atoms with van der Waals surface area (Å²) >= 11 is 0. The van der Waals surface area contributed by atoms with Gasteiger partial charge in [0, 0.05) is 23.1 Å². The summed E-state index contributed by atoms with van der Waals surface area (Å²) < 4.78 is 0. The van der Waals surface area contributed by atoms with Gasteiger partial charge in [-0.3, -0.25) is 0 Å². The molecular formula is C14H18N2. The van der Waals surface area contributed by atoms with Gasteiger partial charge in [0.05, 0.1) is 5.54 Å². The smallest absolute Gasteiger partial charge is 0.0532 e. The molecule has 16 heavy (non-hydrogen) atoms. The summed E-state index contributed by atoms with van der Waals surface area (Å²) in [4.78, 5) is 3.61. The van der Waals surface area contributed by atoms with Crippen molar-refractivity contribution in [2.45, 2.75) is 32.7 Å². The Hall–Kier alpha value is -1.28. The molecule has 0 bridgehead atoms. The first-order valence-electron chi connectivity index (χ1n) is 5.95. The van der Waals surface area contributed by atoms with E-state index in [2.05, 4.69) is 49.3 Å². The molecule has 0 saturated heterocycles. The van der Waals surface area contributed by atoms with Gasteiger partial charge in [0.2, 0.25) is 0 Å². The number of aryl methyl sites for hydroxylation is 1. The largest absolute Gasteiger partial charge is 0.356 e. The second-order valence-electron chi connectivity index (χ2n) is 5.28. The first-order valence-corrected chi connectivity index (χ1v) is 5.95. The van der Waals surface area contributed by atoms with Gasteiger partial charge in [0.25, 0.3) is 0 Å². The van der Waals surface area contributed by atoms with E-state index in [0.29, 0.717) is 0 Å². The highest BCUT2D eigenvalue weighted by atomic mass is 15.0. The molecule has 2 heterocycles. The van der Waals surface area contributed by atoms with E-state index in [1.54, 1.807) is 0 Å². The maximum Gasteiger partial charge on any atom is 0.0532 e. The number of benzene rings is 1. The Labute approximate surface area is 96.1 Å². The topological polar surface area (TPSA) is 27.8 Å². The number of fused-ring (bicyclic) bond motifs is 3. The van der Waals surface area contributed by atoms with Crippen LogP contribution in [0.1, 0.15) is 30.7 Å². The average molecular weight is 214 g/mol. The van der Waals surface area contributed by atoms with Gasteiger partial charge in [-0.2, -0.15) is 0 Å². The fourth-order valence-corrected chi connectivity index (χ4v) is 2.80. The lowest BCUT2D eigenvalue weighted by atomic mass is 9.90. The van der Waals surface area contributed by atoms with Crippen LogP contribution < -0.4 is 5.32 Å². The molecule has 1 aromatic carbocycles. The van der Waals surface area contributed by atoms with Crippen molar-refractivity contribution in [2.24, 2.45) is 0 Å². The first-order chi connectivity index (χ1) is 7.59. The number of hydrogen-bond donors (Lipinski definition) is 2. The van der Waals surface area contributed by atoms with E-state index in [1.807, 2.05) is 0 Å². The molecule has 1 aliphatic rings. The van der Waals surface area contributed by atoms with E-state index >= 15 is 0 Å². The lowest BCUT2D eigenvalue weighted by Gasteiger charge is -2.31. The molecule has 0 radical (unpaired) electrons. The monoisotopic (exact) mass is 214 g/mol. The summed E-state index contributed by atoms with van der Waals surface area (Å²) in [6, 6.07) is 6.56. The molecule has 2 nitrogen and oxygen atoms in total. The third-order valence-corrected chi connectivity index (χ3v) is 3.72. The van der Waals surface area contributed by atoms with E-state index in [9.17, 15) is 0 Å². The molecule has 0 unspecified atom stereocenters. The molecule has 1 aromatic heterocycles. The fourth-order valence-electron chi connectivity index (χ4n) is 2.80. The van der Waals surface area contributed by atoms with E-state index in [0.717, 1.165) is 13.0 Å². The van der Waals surface area contributed by atoms with Crippen LogP contribution >= 0.6 is 0 Å². The molecule has 1 aliphatic heterocycles. The van der Waals surface area contributed by atoms with E-state index in [4.69, 9.17) is 0 Å². The molecule has 0 spiro atoms. The van der Waals surface area contributed by atoms with Gasteiger partial charge in [-0.1, -0.05) is 18.2 Å². The molecule has 2 aromatic rings. The van der Waals surface area contributed by atoms with Crippen LogP contribution in [0.25, 0.3) is 10.9 Å². The third kappa shape index (κ3) is 1.23. The van der Waals surface area contributed by atoms with Crippen molar-refractivity contribution in [3.05, 3.63) is 35.0 Å². The number of aromatic nitrogens is 1. The van der Waals surface area contributed by atoms with Crippen LogP contribution in [0, 0.1) is 6.92 Å². The first kappa shape index (κ1) is 9.91. The Morgan fingerprint density at radius 1 is 1.25 bits per heavy atom. The molecule has 0 aliphatic carbocycles. The predicted octanol–water partition coefficient (Wildman–Crippen LogP) is 2.86. The molecule has 0 fully saturated rings. The number of rotatable bonds is 0. The van der Waals surface area contributed by atoms with Crippen LogP contribution in [-0.2, 0) is 12.0 Å². The number of hydrogen-bond acceptors (Lipinski definition) is 1. The van der Waals surface area contributed by atoms with Crippen molar-refractivity contribution in [1.29, 1.82) is 0 Å². The van der Waals surface area contributed by atoms with Gasteiger partial charge in [0.1, 0.15) is 0 Å². The molecule has 0 atom stereocenters. The second-order valence-corrected chi connectivity index (χ2v) is 5.28. The number of nitrogens with one attached hydrogen (secondary N) is 2. The highest BCUT2D eigenvalue weighted by Gasteiger charge is 2.29. The highest BCUT2D eigenvalue weighted by Crippen LogP contribution is 2.34. The van der Waals surface area contributed by atoms with Gasteiger partial charge in [-0.25, -0.2) is 0 Å². The van der Waals surface area contributed by atoms with Crippen molar-refractivity contribution in [3.63, 3.8) is 0 Å². The zero-order valence-electron chi connectivity index (χ0n) is 10.1. The Balaban J connectivity index is 2.37. The maximum atomic E-state index is 3.61. The second kappa shape index (κ2) is 3.11. The minimum atomic E-state index is 0.0685. The molecule has 84 valence electrons. The fraction of sp³-hybridized carbons (Fsp3) is 0.429. The lowest BCUT2D eigenvalue weighted by Crippen LogP contribution is -2.42. The maximum absolute atomic E-state index is 3.61. The predicted molar refractivity (Wildman–Crippen MR) is 67.8 cm³/mol. The summed E-state index contributed by atoms with van der Waals surface area (Å²) in [5.41, 5.74) is 5.58. The average Bonchev–Trinajstić information content (AvgIpc) is 2.60. The van der Waals surface area contributed by atoms with Gasteiger partial charge < -0.3 is 10.3 Å². The standard InChI is InChI=1S/C14H18N2/c1-9-5-4-6-10-11-7-8-15-14(2,3)13(11)16-12(9)10/h4-6,15-16H,7-8H2,1-3H3. The van der Waals surface area contributed by atoms with Crippen LogP contribution in [0.2, 0.25) is 0 Å². The van der Waals surface area contributed by atoms with E-state index < -0.39 is 0 Å². The van der Waals surface area contributed by atoms with Crippen molar-refractivity contribution < 1.29 is 0 Å². The van der Waals surface area contributed by atoms with Crippen LogP contribution in [-0.4, -0.2) is 11.5 Å². The van der Waals surface area contributed by atoms with Crippen molar-refractivity contribution in [1.82, 2.24) is 10.3 Å². The van der Waals surface area contributed by atoms with Crippen LogP contribution in [0.4, 0.5) is 0 Å². The minimum absolute atomic E-state index is 0.0685. The minimum Gasteiger partial charge on any atom is -0.356 e. The highest BCUT2D eigenvalue weighted by molar-refractivity contribution is 5.87. The van der Waals surface area contributed by atoms with Crippen molar-refractivity contribution >= 4 is 10.9 Å². The molecule has 0 saturated carbocycles. The van der Waals surface area contributed by atoms with E-state index in [1.165, 1.54) is 27.7 Å². The zero-order chi connectivity index (χ0) is 11.3. The van der Waals surface area contributed by atoms with Crippen molar-refractivity contribution in [3.8, 4) is 0 Å². The zero-order valence-corrected chi connectivity index (χ0v) is 10.1. The Morgan fingerprint density at radius 2 is 2.06 bits per heavy atom.